The summed E-state index contributed by atoms with van der Waals surface area (Å²) < 4.78 is 22.9. The molecule has 0 bridgehead atoms. The number of rotatable bonds is 69. The average Bonchev–Trinajstić information content (AvgIpc) is 0.797. The molecule has 0 saturated carbocycles. The topological polar surface area (TPSA) is 228 Å². The molecule has 1 amide bonds. The summed E-state index contributed by atoms with van der Waals surface area (Å²) in [5.74, 6) is -0.234. The van der Waals surface area contributed by atoms with Crippen LogP contribution in [0.1, 0.15) is 373 Å². The van der Waals surface area contributed by atoms with Crippen LogP contribution in [-0.2, 0) is 23.7 Å². The van der Waals surface area contributed by atoms with Crippen molar-refractivity contribution in [1.29, 1.82) is 0 Å². The Balaban J connectivity index is 1.62. The fraction of sp³-hybridized carbons (Fsp3) is 0.890. The summed E-state index contributed by atoms with van der Waals surface area (Å²) >= 11 is 0. The highest BCUT2D eigenvalue weighted by Crippen LogP contribution is 2.30. The van der Waals surface area contributed by atoms with Crippen LogP contribution >= 0.6 is 0 Å². The van der Waals surface area contributed by atoms with Gasteiger partial charge in [-0.25, -0.2) is 0 Å². The minimum Gasteiger partial charge on any atom is -0.394 e. The van der Waals surface area contributed by atoms with Crippen molar-refractivity contribution in [2.75, 3.05) is 19.8 Å². The lowest BCUT2D eigenvalue weighted by atomic mass is 9.97. The zero-order chi connectivity index (χ0) is 69.4. The predicted molar refractivity (Wildman–Crippen MR) is 397 cm³/mol. The van der Waals surface area contributed by atoms with Crippen molar-refractivity contribution in [3.05, 3.63) is 48.6 Å². The highest BCUT2D eigenvalue weighted by Gasteiger charge is 2.51. The fourth-order valence-corrected chi connectivity index (χ4v) is 13.5. The molecule has 0 radical (unpaired) electrons. The Morgan fingerprint density at radius 2 is 0.688 bits per heavy atom. The van der Waals surface area contributed by atoms with Crippen molar-refractivity contribution < 1.29 is 64.6 Å². The Morgan fingerprint density at radius 1 is 0.375 bits per heavy atom. The predicted octanol–water partition coefficient (Wildman–Crippen LogP) is 18.6. The maximum absolute atomic E-state index is 13.4. The summed E-state index contributed by atoms with van der Waals surface area (Å²) in [7, 11) is 0. The first-order valence-corrected chi connectivity index (χ1v) is 40.9. The van der Waals surface area contributed by atoms with Crippen LogP contribution in [-0.4, -0.2) is 140 Å². The summed E-state index contributed by atoms with van der Waals surface area (Å²) in [5.41, 5.74) is 0. The molecule has 0 aromatic rings. The number of hydrogen-bond donors (Lipinski definition) is 9. The summed E-state index contributed by atoms with van der Waals surface area (Å²) in [4.78, 5) is 13.4. The van der Waals surface area contributed by atoms with Crippen LogP contribution in [0.3, 0.4) is 0 Å². The summed E-state index contributed by atoms with van der Waals surface area (Å²) in [6.07, 6.45) is 71.9. The number of aliphatic hydroxyl groups excluding tert-OH is 8. The number of hydrogen-bond acceptors (Lipinski definition) is 13. The molecule has 2 fully saturated rings. The molecule has 0 aromatic heterocycles. The molecule has 14 nitrogen and oxygen atoms in total. The van der Waals surface area contributed by atoms with E-state index >= 15 is 0 Å². The van der Waals surface area contributed by atoms with E-state index in [9.17, 15) is 45.6 Å². The second-order valence-corrected chi connectivity index (χ2v) is 28.9. The van der Waals surface area contributed by atoms with Gasteiger partial charge in [0.1, 0.15) is 48.8 Å². The van der Waals surface area contributed by atoms with Crippen LogP contribution in [0.4, 0.5) is 0 Å². The normalized spacial score (nSPS) is 22.4. The highest BCUT2D eigenvalue weighted by molar-refractivity contribution is 5.76. The fourth-order valence-electron chi connectivity index (χ4n) is 13.5. The van der Waals surface area contributed by atoms with Crippen LogP contribution in [0.15, 0.2) is 48.6 Å². The van der Waals surface area contributed by atoms with Crippen LogP contribution < -0.4 is 5.32 Å². The molecule has 2 aliphatic rings. The summed E-state index contributed by atoms with van der Waals surface area (Å²) in [5, 5.41) is 87.7. The zero-order valence-electron chi connectivity index (χ0n) is 61.9. The average molecular weight is 1360 g/mol. The van der Waals surface area contributed by atoms with Crippen LogP contribution in [0.25, 0.3) is 0 Å². The zero-order valence-corrected chi connectivity index (χ0v) is 61.9. The Labute approximate surface area is 588 Å². The number of ether oxygens (including phenoxy) is 4. The number of aliphatic hydroxyl groups is 8. The molecule has 14 heteroatoms. The van der Waals surface area contributed by atoms with E-state index in [2.05, 4.69) is 55.6 Å². The summed E-state index contributed by atoms with van der Waals surface area (Å²) in [6, 6.07) is -0.917. The molecule has 2 rings (SSSR count). The van der Waals surface area contributed by atoms with Gasteiger partial charge in [0.2, 0.25) is 5.91 Å². The molecular weight excluding hydrogens is 1210 g/mol. The first-order valence-electron chi connectivity index (χ1n) is 40.9. The van der Waals surface area contributed by atoms with Gasteiger partial charge < -0.3 is 65.1 Å². The molecule has 0 aromatic carbocycles. The van der Waals surface area contributed by atoms with Gasteiger partial charge in [0.15, 0.2) is 12.6 Å². The Hall–Kier alpha value is -2.05. The van der Waals surface area contributed by atoms with E-state index in [0.29, 0.717) is 6.42 Å². The van der Waals surface area contributed by atoms with E-state index in [4.69, 9.17) is 18.9 Å². The van der Waals surface area contributed by atoms with Gasteiger partial charge in [-0.1, -0.05) is 358 Å². The van der Waals surface area contributed by atoms with Crippen molar-refractivity contribution >= 4 is 5.91 Å². The Bertz CT molecular complexity index is 1800. The van der Waals surface area contributed by atoms with Crippen molar-refractivity contribution in [3.63, 3.8) is 0 Å². The Morgan fingerprint density at radius 3 is 1.05 bits per heavy atom. The van der Waals surface area contributed by atoms with Crippen molar-refractivity contribution in [3.8, 4) is 0 Å². The van der Waals surface area contributed by atoms with Crippen LogP contribution in [0.5, 0.6) is 0 Å². The molecule has 12 unspecified atom stereocenters. The van der Waals surface area contributed by atoms with Gasteiger partial charge in [0.05, 0.1) is 32.0 Å². The highest BCUT2D eigenvalue weighted by atomic mass is 16.7. The van der Waals surface area contributed by atoms with E-state index in [1.165, 1.54) is 295 Å². The van der Waals surface area contributed by atoms with E-state index in [1.54, 1.807) is 6.08 Å². The molecule has 564 valence electrons. The number of carbonyl (C=O) groups is 1. The van der Waals surface area contributed by atoms with E-state index in [-0.39, 0.29) is 18.9 Å². The standard InChI is InChI=1S/C82H153NO13/c1-3-5-7-9-11-13-15-17-19-21-23-25-27-29-31-33-35-37-39-41-43-45-47-49-51-53-55-57-59-61-63-65-71(86)70(69-93-81-79(92)77(90)80(73(68-85)95-81)96-82-78(91)76(89)75(88)72(67-84)94-82)83-74(87)66-64-62-60-58-56-54-52-50-48-46-44-42-40-38-36-34-32-30-28-26-24-22-20-18-16-14-12-10-8-6-4-2/h16,18,22,24,28,30,63,65,70-73,75-82,84-86,88-92H,3-15,17,19-21,23,25-27,29,31-62,64,66-69H2,1-2H3,(H,83,87)/b18-16-,24-22-,30-28-,65-63+. The van der Waals surface area contributed by atoms with Crippen molar-refractivity contribution in [2.45, 2.75) is 447 Å². The van der Waals surface area contributed by atoms with Crippen molar-refractivity contribution in [2.24, 2.45) is 0 Å². The quantitative estimate of drug-likeness (QED) is 0.0204. The third-order valence-corrected chi connectivity index (χ3v) is 20.0. The van der Waals surface area contributed by atoms with E-state index in [0.717, 1.165) is 51.4 Å². The molecular formula is C82H153NO13. The van der Waals surface area contributed by atoms with Gasteiger partial charge >= 0.3 is 0 Å². The second kappa shape index (κ2) is 66.2. The van der Waals surface area contributed by atoms with E-state index in [1.807, 2.05) is 6.08 Å². The van der Waals surface area contributed by atoms with Gasteiger partial charge in [-0.15, -0.1) is 0 Å². The SMILES string of the molecule is CCCCCCC/C=C\C/C=C\C/C=C\CCCCCCCCCCCCCCCCCCC(=O)NC(COC1OC(CO)C(OC2OC(CO)C(O)C(O)C2O)C(O)C1O)C(O)/C=C/CCCCCCCCCCCCCCCCCCCCCCCCCCCCCCC. The number of carbonyl (C=O) groups excluding carboxylic acids is 1. The number of nitrogens with one attached hydrogen (secondary N) is 1. The molecule has 9 N–H and O–H groups in total. The van der Waals surface area contributed by atoms with Crippen LogP contribution in [0, 0.1) is 0 Å². The maximum Gasteiger partial charge on any atom is 0.220 e. The molecule has 2 aliphatic heterocycles. The van der Waals surface area contributed by atoms with Gasteiger partial charge in [0, 0.05) is 6.42 Å². The Kier molecular flexibility index (Phi) is 62.1. The van der Waals surface area contributed by atoms with Crippen molar-refractivity contribution in [1.82, 2.24) is 5.32 Å². The maximum atomic E-state index is 13.4. The first-order chi connectivity index (χ1) is 47.1. The van der Waals surface area contributed by atoms with Gasteiger partial charge in [-0.05, 0) is 57.8 Å². The molecule has 2 saturated heterocycles. The molecule has 0 spiro atoms. The third-order valence-electron chi connectivity index (χ3n) is 20.0. The number of unbranched alkanes of at least 4 members (excludes halogenated alkanes) is 50. The smallest absolute Gasteiger partial charge is 0.220 e. The third kappa shape index (κ3) is 48.7. The first kappa shape index (κ1) is 90.0. The molecule has 2 heterocycles. The summed E-state index contributed by atoms with van der Waals surface area (Å²) in [6.45, 7) is 2.85. The molecule has 0 aliphatic carbocycles. The number of amides is 1. The number of allylic oxidation sites excluding steroid dienone is 7. The van der Waals surface area contributed by atoms with Crippen LogP contribution in [0.2, 0.25) is 0 Å². The van der Waals surface area contributed by atoms with Gasteiger partial charge in [-0.3, -0.25) is 4.79 Å². The lowest BCUT2D eigenvalue weighted by Gasteiger charge is -2.46. The lowest BCUT2D eigenvalue weighted by Crippen LogP contribution is -2.65. The van der Waals surface area contributed by atoms with Gasteiger partial charge in [-0.2, -0.15) is 0 Å². The van der Waals surface area contributed by atoms with E-state index < -0.39 is 86.8 Å². The molecule has 12 atom stereocenters. The van der Waals surface area contributed by atoms with Gasteiger partial charge in [0.25, 0.3) is 0 Å². The largest absolute Gasteiger partial charge is 0.394 e. The minimum absolute atomic E-state index is 0.234. The minimum atomic E-state index is -1.79. The molecule has 96 heavy (non-hydrogen) atoms. The second-order valence-electron chi connectivity index (χ2n) is 28.9. The lowest BCUT2D eigenvalue weighted by molar-refractivity contribution is -0.359. The monoisotopic (exact) mass is 1360 g/mol.